The van der Waals surface area contributed by atoms with Crippen molar-refractivity contribution in [3.8, 4) is 0 Å². The highest BCUT2D eigenvalue weighted by atomic mass is 16.8. The van der Waals surface area contributed by atoms with Gasteiger partial charge in [-0.2, -0.15) is 0 Å². The molecule has 5 rings (SSSR count). The number of fused-ring (bicyclic) bond motifs is 2. The number of allylic oxidation sites excluding steroid dienone is 1. The van der Waals surface area contributed by atoms with Crippen LogP contribution < -0.4 is 5.32 Å². The van der Waals surface area contributed by atoms with Gasteiger partial charge in [-0.3, -0.25) is 9.89 Å². The van der Waals surface area contributed by atoms with E-state index in [2.05, 4.69) is 53.3 Å². The Morgan fingerprint density at radius 1 is 1.10 bits per heavy atom. The molecule has 0 radical (unpaired) electrons. The summed E-state index contributed by atoms with van der Waals surface area (Å²) in [5, 5.41) is 6.64. The number of nitrogens with one attached hydrogen (secondary N) is 1. The quantitative estimate of drug-likeness (QED) is 0.656. The summed E-state index contributed by atoms with van der Waals surface area (Å²) in [5.41, 5.74) is 1.03. The zero-order valence-corrected chi connectivity index (χ0v) is 18.4. The number of nitrogens with zero attached hydrogens (tertiary/aromatic N) is 4. The Hall–Kier alpha value is -2.48. The Balaban J connectivity index is 1.16. The maximum absolute atomic E-state index is 6.02. The molecule has 2 aromatic rings. The van der Waals surface area contributed by atoms with Crippen molar-refractivity contribution in [1.82, 2.24) is 14.9 Å². The first-order valence-corrected chi connectivity index (χ1v) is 11.2. The Bertz CT molecular complexity index is 965. The zero-order chi connectivity index (χ0) is 21.4. The lowest BCUT2D eigenvalue weighted by Crippen LogP contribution is -2.48. The molecule has 4 unspecified atom stereocenters. The number of piperidine rings is 1. The third-order valence-electron chi connectivity index (χ3n) is 6.16. The fraction of sp³-hybridized carbons (Fsp3) is 0.500. The lowest BCUT2D eigenvalue weighted by molar-refractivity contribution is -0.283. The zero-order valence-electron chi connectivity index (χ0n) is 18.4. The Labute approximate surface area is 183 Å². The van der Waals surface area contributed by atoms with Crippen molar-refractivity contribution in [3.05, 3.63) is 48.7 Å². The van der Waals surface area contributed by atoms with Gasteiger partial charge >= 0.3 is 0 Å². The van der Waals surface area contributed by atoms with E-state index in [1.54, 1.807) is 0 Å². The third kappa shape index (κ3) is 4.44. The molecule has 1 saturated carbocycles. The smallest absolute Gasteiger partial charge is 0.201 e. The molecule has 2 aliphatic heterocycles. The molecule has 1 saturated heterocycles. The summed E-state index contributed by atoms with van der Waals surface area (Å²) in [6.07, 6.45) is 5.24. The van der Waals surface area contributed by atoms with Crippen LogP contribution in [0.15, 0.2) is 53.7 Å². The summed E-state index contributed by atoms with van der Waals surface area (Å²) in [5.74, 6) is 2.67. The Morgan fingerprint density at radius 3 is 2.71 bits per heavy atom. The van der Waals surface area contributed by atoms with Crippen molar-refractivity contribution >= 4 is 22.9 Å². The summed E-state index contributed by atoms with van der Waals surface area (Å²) in [7, 11) is 0. The van der Waals surface area contributed by atoms with Crippen LogP contribution in [0, 0.1) is 17.8 Å². The minimum atomic E-state index is -0.312. The number of aliphatic imine (C=N–C) groups is 1. The van der Waals surface area contributed by atoms with Crippen LogP contribution in [0.3, 0.4) is 0 Å². The fourth-order valence-corrected chi connectivity index (χ4v) is 4.55. The first kappa shape index (κ1) is 20.4. The van der Waals surface area contributed by atoms with Gasteiger partial charge in [-0.1, -0.05) is 32.0 Å². The van der Waals surface area contributed by atoms with Crippen LogP contribution in [0.4, 0.5) is 5.82 Å². The van der Waals surface area contributed by atoms with E-state index in [0.29, 0.717) is 30.4 Å². The van der Waals surface area contributed by atoms with E-state index >= 15 is 0 Å². The van der Waals surface area contributed by atoms with Crippen LogP contribution in [0.5, 0.6) is 0 Å². The average Bonchev–Trinajstić information content (AvgIpc) is 3.20. The monoisotopic (exact) mass is 421 g/mol. The number of rotatable bonds is 8. The predicted octanol–water partition coefficient (Wildman–Crippen LogP) is 3.71. The highest BCUT2D eigenvalue weighted by Crippen LogP contribution is 2.48. The standard InChI is InChI=1S/C24H31N5O2/c1-16(2)15-30-17(3)31-29-12-6-11-25-24(29)28-13-19-20(14-28)23(19)27-22-10-9-18-7-4-5-8-21(18)26-22/h4-12,16-17,19-20,23-24H,13-15H2,1-3H3,(H,26,27). The Kier molecular flexibility index (Phi) is 5.65. The molecule has 2 fully saturated rings. The molecule has 1 aliphatic carbocycles. The molecule has 4 atom stereocenters. The molecular weight excluding hydrogens is 390 g/mol. The molecule has 1 N–H and O–H groups in total. The molecule has 0 bridgehead atoms. The van der Waals surface area contributed by atoms with Gasteiger partial charge in [0.25, 0.3) is 0 Å². The van der Waals surface area contributed by atoms with Gasteiger partial charge in [-0.25, -0.2) is 14.9 Å². The molecule has 3 aliphatic rings. The van der Waals surface area contributed by atoms with Crippen LogP contribution in [0.25, 0.3) is 10.9 Å². The number of ether oxygens (including phenoxy) is 1. The first-order chi connectivity index (χ1) is 15.1. The largest absolute Gasteiger partial charge is 0.367 e. The van der Waals surface area contributed by atoms with E-state index in [-0.39, 0.29) is 12.6 Å². The van der Waals surface area contributed by atoms with Crippen molar-refractivity contribution in [2.75, 3.05) is 25.0 Å². The molecule has 1 aromatic carbocycles. The number of likely N-dealkylation sites (tertiary alicyclic amines) is 1. The number of hydroxylamine groups is 2. The second-order valence-corrected chi connectivity index (χ2v) is 9.09. The molecule has 0 amide bonds. The van der Waals surface area contributed by atoms with Gasteiger partial charge in [0.15, 0.2) is 6.29 Å². The van der Waals surface area contributed by atoms with E-state index in [1.165, 1.54) is 5.39 Å². The SMILES string of the molecule is CC(C)COC(C)ON1C=CC=NC1N1CC2C(C1)C2Nc1ccc2ccccc2n1. The molecule has 3 heterocycles. The number of hydrogen-bond acceptors (Lipinski definition) is 7. The van der Waals surface area contributed by atoms with Crippen molar-refractivity contribution in [3.63, 3.8) is 0 Å². The van der Waals surface area contributed by atoms with Gasteiger partial charge in [0.05, 0.1) is 12.1 Å². The van der Waals surface area contributed by atoms with Crippen molar-refractivity contribution in [2.45, 2.75) is 39.4 Å². The number of aromatic nitrogens is 1. The van der Waals surface area contributed by atoms with E-state index in [0.717, 1.165) is 24.4 Å². The molecular formula is C24H31N5O2. The first-order valence-electron chi connectivity index (χ1n) is 11.2. The number of para-hydroxylation sites is 1. The third-order valence-corrected chi connectivity index (χ3v) is 6.16. The summed E-state index contributed by atoms with van der Waals surface area (Å²) in [4.78, 5) is 17.8. The molecule has 0 spiro atoms. The van der Waals surface area contributed by atoms with Crippen LogP contribution in [0.1, 0.15) is 20.8 Å². The molecule has 1 aromatic heterocycles. The summed E-state index contributed by atoms with van der Waals surface area (Å²) in [6.45, 7) is 8.87. The summed E-state index contributed by atoms with van der Waals surface area (Å²) >= 11 is 0. The normalized spacial score (nSPS) is 28.3. The van der Waals surface area contributed by atoms with Gasteiger partial charge in [0, 0.05) is 36.9 Å². The van der Waals surface area contributed by atoms with E-state index in [1.807, 2.05) is 42.6 Å². The summed E-state index contributed by atoms with van der Waals surface area (Å²) < 4.78 is 5.78. The number of benzene rings is 1. The average molecular weight is 422 g/mol. The molecule has 7 nitrogen and oxygen atoms in total. The predicted molar refractivity (Wildman–Crippen MR) is 122 cm³/mol. The van der Waals surface area contributed by atoms with Crippen LogP contribution >= 0.6 is 0 Å². The second kappa shape index (κ2) is 8.57. The van der Waals surface area contributed by atoms with Crippen LogP contribution in [0.2, 0.25) is 0 Å². The second-order valence-electron chi connectivity index (χ2n) is 9.09. The van der Waals surface area contributed by atoms with Gasteiger partial charge in [-0.15, -0.1) is 0 Å². The van der Waals surface area contributed by atoms with E-state index < -0.39 is 0 Å². The van der Waals surface area contributed by atoms with Crippen molar-refractivity contribution in [1.29, 1.82) is 0 Å². The number of hydrogen-bond donors (Lipinski definition) is 1. The minimum absolute atomic E-state index is 0.137. The maximum Gasteiger partial charge on any atom is 0.201 e. The minimum Gasteiger partial charge on any atom is -0.367 e. The highest BCUT2D eigenvalue weighted by Gasteiger charge is 2.57. The van der Waals surface area contributed by atoms with Gasteiger partial charge in [-0.05, 0) is 49.0 Å². The van der Waals surface area contributed by atoms with Gasteiger partial charge < -0.3 is 10.1 Å². The summed E-state index contributed by atoms with van der Waals surface area (Å²) in [6, 6.07) is 12.9. The molecule has 31 heavy (non-hydrogen) atoms. The van der Waals surface area contributed by atoms with Crippen molar-refractivity contribution in [2.24, 2.45) is 22.7 Å². The van der Waals surface area contributed by atoms with E-state index in [4.69, 9.17) is 14.6 Å². The Morgan fingerprint density at radius 2 is 1.90 bits per heavy atom. The number of anilines is 1. The lowest BCUT2D eigenvalue weighted by atomic mass is 10.2. The molecule has 7 heteroatoms. The fourth-order valence-electron chi connectivity index (χ4n) is 4.55. The van der Waals surface area contributed by atoms with E-state index in [9.17, 15) is 0 Å². The lowest BCUT2D eigenvalue weighted by Gasteiger charge is -2.36. The van der Waals surface area contributed by atoms with Gasteiger partial charge in [0.1, 0.15) is 5.82 Å². The van der Waals surface area contributed by atoms with Crippen molar-refractivity contribution < 1.29 is 9.57 Å². The van der Waals surface area contributed by atoms with Gasteiger partial charge in [0.2, 0.25) is 6.29 Å². The highest BCUT2D eigenvalue weighted by molar-refractivity contribution is 5.80. The van der Waals surface area contributed by atoms with Crippen LogP contribution in [-0.2, 0) is 9.57 Å². The molecule has 164 valence electrons. The van der Waals surface area contributed by atoms with Crippen LogP contribution in [-0.4, -0.2) is 59.5 Å². The maximum atomic E-state index is 6.02. The topological polar surface area (TPSA) is 62.2 Å². The number of pyridine rings is 1.